The molecule has 1 saturated carbocycles. The maximum Gasteiger partial charge on any atom is 0.184 e. The van der Waals surface area contributed by atoms with Crippen molar-refractivity contribution >= 4 is 8.32 Å². The third-order valence-electron chi connectivity index (χ3n) is 6.93. The van der Waals surface area contributed by atoms with Gasteiger partial charge in [-0.3, -0.25) is 0 Å². The summed E-state index contributed by atoms with van der Waals surface area (Å²) in [7, 11) is -1.50. The predicted octanol–water partition coefficient (Wildman–Crippen LogP) is 8.66. The van der Waals surface area contributed by atoms with Crippen LogP contribution in [-0.2, 0) is 10.8 Å². The number of hydrogen-bond donors (Lipinski definition) is 0. The number of allylic oxidation sites excluding steroid dienone is 2. The molecule has 0 saturated heterocycles. The zero-order chi connectivity index (χ0) is 22.0. The summed E-state index contributed by atoms with van der Waals surface area (Å²) >= 11 is 0. The lowest BCUT2D eigenvalue weighted by atomic mass is 9.81. The van der Waals surface area contributed by atoms with Crippen LogP contribution in [0.4, 0.5) is 0 Å². The summed E-state index contributed by atoms with van der Waals surface area (Å²) in [6.07, 6.45) is 17.0. The lowest BCUT2D eigenvalue weighted by Crippen LogP contribution is -2.35. The van der Waals surface area contributed by atoms with Crippen molar-refractivity contribution in [1.29, 1.82) is 0 Å². The van der Waals surface area contributed by atoms with Gasteiger partial charge in [-0.15, -0.1) is 0 Å². The molecule has 170 valence electrons. The average Bonchev–Trinajstić information content (AvgIpc) is 2.98. The van der Waals surface area contributed by atoms with Crippen LogP contribution in [0, 0.1) is 23.7 Å². The van der Waals surface area contributed by atoms with Crippen molar-refractivity contribution in [1.82, 2.24) is 0 Å². The van der Waals surface area contributed by atoms with Gasteiger partial charge >= 0.3 is 0 Å². The lowest BCUT2D eigenvalue weighted by Gasteiger charge is -2.30. The molecular weight excluding hydrogens is 380 g/mol. The quantitative estimate of drug-likeness (QED) is 0.173. The van der Waals surface area contributed by atoms with Crippen molar-refractivity contribution in [3.63, 3.8) is 0 Å². The van der Waals surface area contributed by atoms with E-state index in [0.29, 0.717) is 12.0 Å². The zero-order valence-electron chi connectivity index (χ0n) is 20.7. The van der Waals surface area contributed by atoms with Crippen molar-refractivity contribution in [2.24, 2.45) is 23.7 Å². The number of aryl methyl sites for hydroxylation is 1. The first-order valence-corrected chi connectivity index (χ1v) is 16.1. The van der Waals surface area contributed by atoms with Crippen molar-refractivity contribution in [3.8, 4) is 0 Å². The second-order valence-corrected chi connectivity index (χ2v) is 15.3. The van der Waals surface area contributed by atoms with Crippen molar-refractivity contribution in [3.05, 3.63) is 48.0 Å². The molecule has 0 heterocycles. The molecule has 2 rings (SSSR count). The van der Waals surface area contributed by atoms with Gasteiger partial charge in [0, 0.05) is 6.10 Å². The van der Waals surface area contributed by atoms with Crippen LogP contribution in [0.1, 0.15) is 77.7 Å². The highest BCUT2D eigenvalue weighted by Crippen LogP contribution is 2.45. The molecule has 1 fully saturated rings. The van der Waals surface area contributed by atoms with Crippen LogP contribution < -0.4 is 0 Å². The van der Waals surface area contributed by atoms with Gasteiger partial charge in [0.25, 0.3) is 0 Å². The van der Waals surface area contributed by atoms with Crippen LogP contribution in [0.3, 0.4) is 0 Å². The van der Waals surface area contributed by atoms with Crippen LogP contribution in [0.2, 0.25) is 19.6 Å². The van der Waals surface area contributed by atoms with E-state index in [1.54, 1.807) is 0 Å². The summed E-state index contributed by atoms with van der Waals surface area (Å²) in [6.45, 7) is 14.3. The Hall–Kier alpha value is -0.863. The van der Waals surface area contributed by atoms with Crippen LogP contribution in [0.25, 0.3) is 0 Å². The molecule has 0 radical (unpaired) electrons. The van der Waals surface area contributed by atoms with E-state index in [4.69, 9.17) is 4.43 Å². The Labute approximate surface area is 188 Å². The molecule has 5 atom stereocenters. The molecule has 0 aromatic heterocycles. The third-order valence-corrected chi connectivity index (χ3v) is 7.94. The molecule has 0 amide bonds. The van der Waals surface area contributed by atoms with E-state index in [-0.39, 0.29) is 0 Å². The summed E-state index contributed by atoms with van der Waals surface area (Å²) in [6, 6.07) is 11.0. The van der Waals surface area contributed by atoms with Crippen LogP contribution in [-0.4, -0.2) is 14.4 Å². The Balaban J connectivity index is 1.91. The molecule has 1 aliphatic rings. The molecule has 1 nitrogen and oxygen atoms in total. The topological polar surface area (TPSA) is 9.23 Å². The molecule has 0 spiro atoms. The Bertz CT molecular complexity index is 603. The highest BCUT2D eigenvalue weighted by atomic mass is 28.4. The van der Waals surface area contributed by atoms with E-state index in [9.17, 15) is 0 Å². The highest BCUT2D eigenvalue weighted by Gasteiger charge is 2.42. The lowest BCUT2D eigenvalue weighted by molar-refractivity contribution is 0.132. The summed E-state index contributed by atoms with van der Waals surface area (Å²) in [5, 5.41) is 0. The number of hydrogen-bond acceptors (Lipinski definition) is 1. The first kappa shape index (κ1) is 25.4. The van der Waals surface area contributed by atoms with Gasteiger partial charge < -0.3 is 4.43 Å². The molecule has 0 N–H and O–H groups in total. The fourth-order valence-corrected chi connectivity index (χ4v) is 6.38. The maximum atomic E-state index is 6.71. The Morgan fingerprint density at radius 1 is 1.07 bits per heavy atom. The molecule has 1 aliphatic carbocycles. The second kappa shape index (κ2) is 12.9. The van der Waals surface area contributed by atoms with Gasteiger partial charge in [0.2, 0.25) is 0 Å². The third kappa shape index (κ3) is 9.10. The van der Waals surface area contributed by atoms with Gasteiger partial charge in [-0.25, -0.2) is 0 Å². The maximum absolute atomic E-state index is 6.71. The van der Waals surface area contributed by atoms with Crippen molar-refractivity contribution < 1.29 is 4.43 Å². The SMILES string of the molecule is CCCC/C=C\C[C@@H]1[C@@H](CC[C@@H](C)CCc2ccccc2)[C@H](C)C[C@@H]1O[Si](C)(C)C. The van der Waals surface area contributed by atoms with E-state index >= 15 is 0 Å². The van der Waals surface area contributed by atoms with E-state index in [0.717, 1.165) is 17.8 Å². The molecule has 1 aromatic rings. The first-order valence-electron chi connectivity index (χ1n) is 12.7. The van der Waals surface area contributed by atoms with Gasteiger partial charge in [-0.1, -0.05) is 82.5 Å². The molecule has 30 heavy (non-hydrogen) atoms. The highest BCUT2D eigenvalue weighted by molar-refractivity contribution is 6.69. The van der Waals surface area contributed by atoms with Gasteiger partial charge in [-0.05, 0) is 87.4 Å². The minimum atomic E-state index is -1.50. The molecule has 2 heteroatoms. The molecular formula is C28H48OSi. The van der Waals surface area contributed by atoms with Gasteiger partial charge in [-0.2, -0.15) is 0 Å². The van der Waals surface area contributed by atoms with Crippen LogP contribution in [0.5, 0.6) is 0 Å². The van der Waals surface area contributed by atoms with Gasteiger partial charge in [0.05, 0.1) is 0 Å². The number of benzene rings is 1. The minimum Gasteiger partial charge on any atom is -0.414 e. The summed E-state index contributed by atoms with van der Waals surface area (Å²) in [4.78, 5) is 0. The minimum absolute atomic E-state index is 0.479. The smallest absolute Gasteiger partial charge is 0.184 e. The van der Waals surface area contributed by atoms with Crippen molar-refractivity contribution in [2.45, 2.75) is 104 Å². The largest absolute Gasteiger partial charge is 0.414 e. The van der Waals surface area contributed by atoms with Gasteiger partial charge in [0.15, 0.2) is 8.32 Å². The monoisotopic (exact) mass is 428 g/mol. The van der Waals surface area contributed by atoms with Crippen LogP contribution >= 0.6 is 0 Å². The summed E-state index contributed by atoms with van der Waals surface area (Å²) in [5.74, 6) is 3.13. The molecule has 0 aliphatic heterocycles. The number of rotatable bonds is 13. The fourth-order valence-electron chi connectivity index (χ4n) is 5.20. The Morgan fingerprint density at radius 3 is 2.47 bits per heavy atom. The predicted molar refractivity (Wildman–Crippen MR) is 135 cm³/mol. The standard InChI is InChI=1S/C28H48OSi/c1-7-8-9-10-14-17-27-26(24(3)22-28(27)29-30(4,5)6)21-19-23(2)18-20-25-15-12-11-13-16-25/h10-16,23-24,26-28H,7-9,17-22H2,1-6H3/b14-10-/t23-,24+,26-,27+,28-/m0/s1. The van der Waals surface area contributed by atoms with E-state index < -0.39 is 8.32 Å². The number of unbranched alkanes of at least 4 members (excludes halogenated alkanes) is 2. The first-order chi connectivity index (χ1) is 14.3. The zero-order valence-corrected chi connectivity index (χ0v) is 21.7. The fraction of sp³-hybridized carbons (Fsp3) is 0.714. The van der Waals surface area contributed by atoms with Crippen LogP contribution in [0.15, 0.2) is 42.5 Å². The molecule has 0 bridgehead atoms. The molecule has 0 unspecified atom stereocenters. The Morgan fingerprint density at radius 2 is 1.80 bits per heavy atom. The Kier molecular flexibility index (Phi) is 10.9. The van der Waals surface area contributed by atoms with E-state index in [1.165, 1.54) is 63.4 Å². The molecule has 1 aromatic carbocycles. The van der Waals surface area contributed by atoms with E-state index in [2.05, 4.69) is 82.9 Å². The second-order valence-electron chi connectivity index (χ2n) is 10.9. The summed E-state index contributed by atoms with van der Waals surface area (Å²) < 4.78 is 6.71. The van der Waals surface area contributed by atoms with E-state index in [1.807, 2.05) is 0 Å². The van der Waals surface area contributed by atoms with Crippen molar-refractivity contribution in [2.75, 3.05) is 0 Å². The van der Waals surface area contributed by atoms with Gasteiger partial charge in [0.1, 0.15) is 0 Å². The normalized spacial score (nSPS) is 25.8. The average molecular weight is 429 g/mol. The summed E-state index contributed by atoms with van der Waals surface area (Å²) in [5.41, 5.74) is 1.48.